The number of rotatable bonds is 9. The maximum absolute atomic E-state index is 12.5. The number of aromatic amines is 1. The minimum atomic E-state index is -0.224. The predicted molar refractivity (Wildman–Crippen MR) is 116 cm³/mol. The van der Waals surface area contributed by atoms with Gasteiger partial charge in [-0.2, -0.15) is 0 Å². The number of aromatic nitrogens is 2. The van der Waals surface area contributed by atoms with Gasteiger partial charge in [0.05, 0.1) is 17.1 Å². The van der Waals surface area contributed by atoms with Crippen LogP contribution in [0.15, 0.2) is 48.5 Å². The molecule has 29 heavy (non-hydrogen) atoms. The summed E-state index contributed by atoms with van der Waals surface area (Å²) in [5.41, 5.74) is 3.72. The minimum Gasteiger partial charge on any atom is -0.346 e. The number of amides is 1. The standard InChI is InChI=1S/C24H29N3O2/c1-4-7-17-10-12-18(13-11-17)21(28)14-15-22(29)27-23(16(2)3)24-25-19-8-5-6-9-20(19)26-24/h5-6,8-13,16,23H,4,7,14-15H2,1-3H3,(H,25,26)(H,27,29). The number of hydrogen-bond acceptors (Lipinski definition) is 3. The van der Waals surface area contributed by atoms with Crippen molar-refractivity contribution in [3.8, 4) is 0 Å². The van der Waals surface area contributed by atoms with Crippen molar-refractivity contribution in [1.82, 2.24) is 15.3 Å². The van der Waals surface area contributed by atoms with Crippen molar-refractivity contribution in [3.63, 3.8) is 0 Å². The van der Waals surface area contributed by atoms with Crippen LogP contribution in [-0.2, 0) is 11.2 Å². The van der Waals surface area contributed by atoms with E-state index in [-0.39, 0.29) is 36.5 Å². The van der Waals surface area contributed by atoms with Gasteiger partial charge in [0.1, 0.15) is 5.82 Å². The molecule has 2 aromatic carbocycles. The van der Waals surface area contributed by atoms with Crippen molar-refractivity contribution in [2.75, 3.05) is 0 Å². The quantitative estimate of drug-likeness (QED) is 0.505. The van der Waals surface area contributed by atoms with Crippen LogP contribution >= 0.6 is 0 Å². The molecule has 0 aliphatic heterocycles. The van der Waals surface area contributed by atoms with Gasteiger partial charge in [-0.3, -0.25) is 9.59 Å². The molecule has 3 aromatic rings. The molecule has 3 rings (SSSR count). The zero-order chi connectivity index (χ0) is 20.8. The van der Waals surface area contributed by atoms with Gasteiger partial charge in [0.15, 0.2) is 5.78 Å². The first-order valence-corrected chi connectivity index (χ1v) is 10.3. The van der Waals surface area contributed by atoms with E-state index in [4.69, 9.17) is 0 Å². The van der Waals surface area contributed by atoms with Gasteiger partial charge in [-0.1, -0.05) is 63.6 Å². The van der Waals surface area contributed by atoms with E-state index in [1.807, 2.05) is 62.4 Å². The molecule has 0 fully saturated rings. The van der Waals surface area contributed by atoms with Crippen LogP contribution in [0.5, 0.6) is 0 Å². The number of benzene rings is 2. The van der Waals surface area contributed by atoms with Gasteiger partial charge in [-0.15, -0.1) is 0 Å². The van der Waals surface area contributed by atoms with Crippen molar-refractivity contribution in [2.45, 2.75) is 52.5 Å². The zero-order valence-corrected chi connectivity index (χ0v) is 17.4. The average Bonchev–Trinajstić information content (AvgIpc) is 3.14. The maximum atomic E-state index is 12.5. The Bertz CT molecular complexity index is 940. The summed E-state index contributed by atoms with van der Waals surface area (Å²) in [6.45, 7) is 6.22. The lowest BCUT2D eigenvalue weighted by Crippen LogP contribution is -2.32. The first-order valence-electron chi connectivity index (χ1n) is 10.3. The largest absolute Gasteiger partial charge is 0.346 e. The molecule has 0 saturated carbocycles. The van der Waals surface area contributed by atoms with Crippen molar-refractivity contribution >= 4 is 22.7 Å². The van der Waals surface area contributed by atoms with Gasteiger partial charge in [0, 0.05) is 18.4 Å². The van der Waals surface area contributed by atoms with E-state index in [1.54, 1.807) is 0 Å². The van der Waals surface area contributed by atoms with Crippen molar-refractivity contribution in [2.24, 2.45) is 5.92 Å². The molecule has 0 bridgehead atoms. The van der Waals surface area contributed by atoms with Crippen LogP contribution in [0.2, 0.25) is 0 Å². The number of Topliss-reactive ketones (excluding diaryl/α,β-unsaturated/α-hetero) is 1. The number of carbonyl (C=O) groups excluding carboxylic acids is 2. The van der Waals surface area contributed by atoms with E-state index in [2.05, 4.69) is 22.2 Å². The molecular formula is C24H29N3O2. The Morgan fingerprint density at radius 3 is 2.41 bits per heavy atom. The number of para-hydroxylation sites is 2. The second-order valence-electron chi connectivity index (χ2n) is 7.80. The van der Waals surface area contributed by atoms with Crippen LogP contribution < -0.4 is 5.32 Å². The van der Waals surface area contributed by atoms with Crippen molar-refractivity contribution in [1.29, 1.82) is 0 Å². The number of aryl methyl sites for hydroxylation is 1. The minimum absolute atomic E-state index is 0.00645. The zero-order valence-electron chi connectivity index (χ0n) is 17.4. The smallest absolute Gasteiger partial charge is 0.221 e. The van der Waals surface area contributed by atoms with E-state index in [0.29, 0.717) is 5.56 Å². The molecule has 0 radical (unpaired) electrons. The van der Waals surface area contributed by atoms with E-state index in [9.17, 15) is 9.59 Å². The summed E-state index contributed by atoms with van der Waals surface area (Å²) in [4.78, 5) is 32.9. The van der Waals surface area contributed by atoms with E-state index < -0.39 is 0 Å². The molecule has 1 unspecified atom stereocenters. The molecule has 152 valence electrons. The first-order chi connectivity index (χ1) is 14.0. The van der Waals surface area contributed by atoms with Gasteiger partial charge in [-0.05, 0) is 30.0 Å². The molecule has 0 aliphatic rings. The summed E-state index contributed by atoms with van der Waals surface area (Å²) < 4.78 is 0. The van der Waals surface area contributed by atoms with E-state index >= 15 is 0 Å². The summed E-state index contributed by atoms with van der Waals surface area (Å²) >= 11 is 0. The van der Waals surface area contributed by atoms with Gasteiger partial charge < -0.3 is 10.3 Å². The van der Waals surface area contributed by atoms with Crippen LogP contribution in [0.3, 0.4) is 0 Å². The summed E-state index contributed by atoms with van der Waals surface area (Å²) in [7, 11) is 0. The Labute approximate surface area is 171 Å². The highest BCUT2D eigenvalue weighted by molar-refractivity contribution is 5.98. The molecule has 1 aromatic heterocycles. The molecule has 0 saturated heterocycles. The third kappa shape index (κ3) is 5.31. The molecular weight excluding hydrogens is 362 g/mol. The summed E-state index contributed by atoms with van der Waals surface area (Å²) in [6, 6.07) is 15.3. The molecule has 1 heterocycles. The van der Waals surface area contributed by atoms with Crippen molar-refractivity contribution in [3.05, 3.63) is 65.5 Å². The molecule has 0 aliphatic carbocycles. The predicted octanol–water partition coefficient (Wildman–Crippen LogP) is 4.99. The third-order valence-corrected chi connectivity index (χ3v) is 5.08. The van der Waals surface area contributed by atoms with Gasteiger partial charge in [-0.25, -0.2) is 4.98 Å². The van der Waals surface area contributed by atoms with E-state index in [1.165, 1.54) is 5.56 Å². The highest BCUT2D eigenvalue weighted by Gasteiger charge is 2.22. The number of hydrogen-bond donors (Lipinski definition) is 2. The lowest BCUT2D eigenvalue weighted by atomic mass is 10.0. The SMILES string of the molecule is CCCc1ccc(C(=O)CCC(=O)NC(c2nc3ccccc3[nH]2)C(C)C)cc1. The number of fused-ring (bicyclic) bond motifs is 1. The van der Waals surface area contributed by atoms with Crippen LogP contribution in [-0.4, -0.2) is 21.7 Å². The van der Waals surface area contributed by atoms with Crippen LogP contribution in [0.1, 0.15) is 67.8 Å². The Kier molecular flexibility index (Phi) is 6.81. The fourth-order valence-electron chi connectivity index (χ4n) is 3.43. The molecule has 1 amide bonds. The number of nitrogens with one attached hydrogen (secondary N) is 2. The highest BCUT2D eigenvalue weighted by Crippen LogP contribution is 2.22. The van der Waals surface area contributed by atoms with Crippen LogP contribution in [0.4, 0.5) is 0 Å². The lowest BCUT2D eigenvalue weighted by molar-refractivity contribution is -0.122. The van der Waals surface area contributed by atoms with Gasteiger partial charge in [0.2, 0.25) is 5.91 Å². The number of nitrogens with zero attached hydrogens (tertiary/aromatic N) is 1. The lowest BCUT2D eigenvalue weighted by Gasteiger charge is -2.20. The maximum Gasteiger partial charge on any atom is 0.221 e. The highest BCUT2D eigenvalue weighted by atomic mass is 16.2. The Morgan fingerprint density at radius 2 is 1.76 bits per heavy atom. The first kappa shape index (κ1) is 20.8. The molecule has 1 atom stereocenters. The number of imidazole rings is 1. The number of ketones is 1. The summed E-state index contributed by atoms with van der Waals surface area (Å²) in [5.74, 6) is 0.766. The Morgan fingerprint density at radius 1 is 1.03 bits per heavy atom. The topological polar surface area (TPSA) is 74.8 Å². The fourth-order valence-corrected chi connectivity index (χ4v) is 3.43. The van der Waals surface area contributed by atoms with Gasteiger partial charge in [0.25, 0.3) is 0 Å². The molecule has 2 N–H and O–H groups in total. The monoisotopic (exact) mass is 391 g/mol. The van der Waals surface area contributed by atoms with Crippen LogP contribution in [0.25, 0.3) is 11.0 Å². The second-order valence-corrected chi connectivity index (χ2v) is 7.80. The average molecular weight is 392 g/mol. The normalized spacial score (nSPS) is 12.3. The number of H-pyrrole nitrogens is 1. The molecule has 5 nitrogen and oxygen atoms in total. The van der Waals surface area contributed by atoms with Crippen molar-refractivity contribution < 1.29 is 9.59 Å². The van der Waals surface area contributed by atoms with Crippen LogP contribution in [0, 0.1) is 5.92 Å². The van der Waals surface area contributed by atoms with Gasteiger partial charge >= 0.3 is 0 Å². The fraction of sp³-hybridized carbons (Fsp3) is 0.375. The molecule has 5 heteroatoms. The Hall–Kier alpha value is -2.95. The summed E-state index contributed by atoms with van der Waals surface area (Å²) in [6.07, 6.45) is 2.45. The second kappa shape index (κ2) is 9.50. The molecule has 0 spiro atoms. The van der Waals surface area contributed by atoms with E-state index in [0.717, 1.165) is 29.7 Å². The third-order valence-electron chi connectivity index (χ3n) is 5.08. The Balaban J connectivity index is 1.59. The summed E-state index contributed by atoms with van der Waals surface area (Å²) in [5, 5.41) is 3.04. The number of carbonyl (C=O) groups is 2.